The van der Waals surface area contributed by atoms with E-state index in [0.29, 0.717) is 10.9 Å². The molecule has 0 saturated carbocycles. The van der Waals surface area contributed by atoms with Gasteiger partial charge in [-0.15, -0.1) is 10.2 Å². The lowest BCUT2D eigenvalue weighted by Gasteiger charge is -2.25. The summed E-state index contributed by atoms with van der Waals surface area (Å²) in [4.78, 5) is 0.362. The van der Waals surface area contributed by atoms with Crippen molar-refractivity contribution in [2.45, 2.75) is 50.2 Å². The van der Waals surface area contributed by atoms with E-state index in [4.69, 9.17) is 0 Å². The molecule has 0 fully saturated rings. The van der Waals surface area contributed by atoms with Crippen molar-refractivity contribution in [2.75, 3.05) is 6.26 Å². The fourth-order valence-corrected chi connectivity index (χ4v) is 3.56. The quantitative estimate of drug-likeness (QED) is 0.893. The molecule has 0 radical (unpaired) electrons. The van der Waals surface area contributed by atoms with Crippen molar-refractivity contribution >= 4 is 9.84 Å². The molecule has 1 aromatic heterocycles. The van der Waals surface area contributed by atoms with Gasteiger partial charge < -0.3 is 9.88 Å². The monoisotopic (exact) mass is 334 g/mol. The van der Waals surface area contributed by atoms with Crippen LogP contribution in [0.2, 0.25) is 0 Å². The minimum atomic E-state index is -3.13. The Balaban J connectivity index is 1.61. The van der Waals surface area contributed by atoms with Crippen molar-refractivity contribution < 1.29 is 8.42 Å². The second kappa shape index (κ2) is 6.41. The summed E-state index contributed by atoms with van der Waals surface area (Å²) in [6.45, 7) is 3.72. The van der Waals surface area contributed by atoms with Gasteiger partial charge in [0.05, 0.1) is 4.90 Å². The number of aromatic nitrogens is 3. The van der Waals surface area contributed by atoms with E-state index in [1.807, 2.05) is 12.1 Å². The maximum Gasteiger partial charge on any atom is 0.175 e. The van der Waals surface area contributed by atoms with E-state index in [9.17, 15) is 8.42 Å². The van der Waals surface area contributed by atoms with Gasteiger partial charge >= 0.3 is 0 Å². The van der Waals surface area contributed by atoms with Crippen LogP contribution in [0.4, 0.5) is 0 Å². The van der Waals surface area contributed by atoms with Crippen LogP contribution in [-0.4, -0.2) is 35.5 Å². The molecule has 0 spiro atoms. The highest BCUT2D eigenvalue weighted by Gasteiger charge is 2.21. The van der Waals surface area contributed by atoms with Crippen molar-refractivity contribution in [3.05, 3.63) is 41.5 Å². The predicted octanol–water partition coefficient (Wildman–Crippen LogP) is 1.35. The molecule has 0 bridgehead atoms. The third-order valence-corrected chi connectivity index (χ3v) is 5.41. The van der Waals surface area contributed by atoms with Crippen molar-refractivity contribution in [1.29, 1.82) is 0 Å². The third-order valence-electron chi connectivity index (χ3n) is 4.29. The Morgan fingerprint density at radius 1 is 1.26 bits per heavy atom. The Morgan fingerprint density at radius 3 is 2.65 bits per heavy atom. The molecule has 7 heteroatoms. The van der Waals surface area contributed by atoms with Gasteiger partial charge in [-0.3, -0.25) is 0 Å². The minimum Gasteiger partial charge on any atom is -0.313 e. The van der Waals surface area contributed by atoms with Crippen LogP contribution in [0.15, 0.2) is 29.2 Å². The van der Waals surface area contributed by atoms with Crippen LogP contribution in [0.25, 0.3) is 0 Å². The second-order valence-electron chi connectivity index (χ2n) is 6.03. The molecule has 23 heavy (non-hydrogen) atoms. The first-order valence-corrected chi connectivity index (χ1v) is 9.80. The average molecular weight is 334 g/mol. The normalized spacial score (nSPS) is 17.9. The van der Waals surface area contributed by atoms with Crippen LogP contribution < -0.4 is 5.32 Å². The zero-order valence-electron chi connectivity index (χ0n) is 13.5. The number of nitrogens with one attached hydrogen (secondary N) is 1. The number of hydrogen-bond acceptors (Lipinski definition) is 5. The number of hydrogen-bond donors (Lipinski definition) is 1. The highest BCUT2D eigenvalue weighted by atomic mass is 32.2. The molecule has 124 valence electrons. The van der Waals surface area contributed by atoms with E-state index in [2.05, 4.69) is 27.0 Å². The summed E-state index contributed by atoms with van der Waals surface area (Å²) in [7, 11) is -3.13. The molecule has 0 saturated heterocycles. The molecule has 1 aromatic carbocycles. The molecule has 1 aliphatic heterocycles. The van der Waals surface area contributed by atoms with E-state index < -0.39 is 9.84 Å². The molecule has 6 nitrogen and oxygen atoms in total. The highest BCUT2D eigenvalue weighted by Crippen LogP contribution is 2.16. The Bertz CT molecular complexity index is 767. The Hall–Kier alpha value is -1.73. The van der Waals surface area contributed by atoms with Gasteiger partial charge in [-0.2, -0.15) is 0 Å². The van der Waals surface area contributed by atoms with Crippen molar-refractivity contribution in [1.82, 2.24) is 20.1 Å². The Labute approximate surface area is 136 Å². The number of aryl methyl sites for hydroxylation is 2. The van der Waals surface area contributed by atoms with Crippen LogP contribution >= 0.6 is 0 Å². The Morgan fingerprint density at radius 2 is 2.00 bits per heavy atom. The summed E-state index contributed by atoms with van der Waals surface area (Å²) in [6, 6.07) is 7.46. The van der Waals surface area contributed by atoms with E-state index in [1.165, 1.54) is 6.26 Å². The SMILES string of the molecule is CCc1nnc2n1C[C@H](NCc1ccc(S(C)(=O)=O)cc1)CC2. The minimum absolute atomic E-state index is 0.362. The summed E-state index contributed by atoms with van der Waals surface area (Å²) in [6.07, 6.45) is 4.11. The third kappa shape index (κ3) is 3.61. The van der Waals surface area contributed by atoms with Crippen molar-refractivity contribution in [3.63, 3.8) is 0 Å². The zero-order chi connectivity index (χ0) is 16.4. The zero-order valence-corrected chi connectivity index (χ0v) is 14.3. The summed E-state index contributed by atoms with van der Waals surface area (Å²) in [5, 5.41) is 12.0. The molecule has 0 unspecified atom stereocenters. The van der Waals surface area contributed by atoms with Crippen LogP contribution in [-0.2, 0) is 35.8 Å². The van der Waals surface area contributed by atoms with Crippen LogP contribution in [0.3, 0.4) is 0 Å². The van der Waals surface area contributed by atoms with Gasteiger partial charge in [0.1, 0.15) is 11.6 Å². The maximum absolute atomic E-state index is 11.5. The lowest BCUT2D eigenvalue weighted by atomic mass is 10.1. The highest BCUT2D eigenvalue weighted by molar-refractivity contribution is 7.90. The first-order chi connectivity index (χ1) is 11.0. The van der Waals surface area contributed by atoms with E-state index in [1.54, 1.807) is 12.1 Å². The van der Waals surface area contributed by atoms with Gasteiger partial charge in [-0.25, -0.2) is 8.42 Å². The second-order valence-corrected chi connectivity index (χ2v) is 8.04. The van der Waals surface area contributed by atoms with Gasteiger partial charge in [-0.1, -0.05) is 19.1 Å². The number of benzene rings is 1. The van der Waals surface area contributed by atoms with Crippen molar-refractivity contribution in [2.24, 2.45) is 0 Å². The van der Waals surface area contributed by atoms with Gasteiger partial charge in [0.25, 0.3) is 0 Å². The number of fused-ring (bicyclic) bond motifs is 1. The topological polar surface area (TPSA) is 76.9 Å². The first kappa shape index (κ1) is 16.1. The molecular formula is C16H22N4O2S. The number of rotatable bonds is 5. The molecule has 1 atom stereocenters. The number of sulfone groups is 1. The van der Waals surface area contributed by atoms with Gasteiger partial charge in [0, 0.05) is 38.2 Å². The molecule has 1 N–H and O–H groups in total. The fraction of sp³-hybridized carbons (Fsp3) is 0.500. The molecule has 1 aliphatic rings. The van der Waals surface area contributed by atoms with Crippen molar-refractivity contribution in [3.8, 4) is 0 Å². The summed E-state index contributed by atoms with van der Waals surface area (Å²) in [5.41, 5.74) is 1.09. The smallest absolute Gasteiger partial charge is 0.175 e. The lowest BCUT2D eigenvalue weighted by Crippen LogP contribution is -2.37. The molecule has 0 amide bonds. The van der Waals surface area contributed by atoms with Gasteiger partial charge in [0.15, 0.2) is 9.84 Å². The van der Waals surface area contributed by atoms with Crippen LogP contribution in [0.5, 0.6) is 0 Å². The summed E-state index contributed by atoms with van der Waals surface area (Å²) >= 11 is 0. The predicted molar refractivity (Wildman–Crippen MR) is 87.9 cm³/mol. The molecule has 3 rings (SSSR count). The molecular weight excluding hydrogens is 312 g/mol. The van der Waals surface area contributed by atoms with E-state index in [0.717, 1.165) is 49.6 Å². The molecule has 0 aliphatic carbocycles. The largest absolute Gasteiger partial charge is 0.313 e. The maximum atomic E-state index is 11.5. The average Bonchev–Trinajstić information content (AvgIpc) is 2.94. The van der Waals surface area contributed by atoms with Gasteiger partial charge in [0.2, 0.25) is 0 Å². The van der Waals surface area contributed by atoms with E-state index >= 15 is 0 Å². The number of nitrogens with zero attached hydrogens (tertiary/aromatic N) is 3. The molecule has 2 aromatic rings. The summed E-state index contributed by atoms with van der Waals surface area (Å²) in [5.74, 6) is 2.13. The van der Waals surface area contributed by atoms with Crippen LogP contribution in [0.1, 0.15) is 30.6 Å². The fourth-order valence-electron chi connectivity index (χ4n) is 2.93. The standard InChI is InChI=1S/C16H22N4O2S/c1-3-15-18-19-16-9-6-13(11-20(15)16)17-10-12-4-7-14(8-5-12)23(2,21)22/h4-5,7-8,13,17H,3,6,9-11H2,1-2H3/t13-/m1/s1. The van der Waals surface area contributed by atoms with E-state index in [-0.39, 0.29) is 0 Å². The van der Waals surface area contributed by atoms with Crippen LogP contribution in [0, 0.1) is 0 Å². The summed E-state index contributed by atoms with van der Waals surface area (Å²) < 4.78 is 25.2. The molecule has 2 heterocycles. The Kier molecular flexibility index (Phi) is 4.50. The lowest BCUT2D eigenvalue weighted by molar-refractivity contribution is 0.373. The first-order valence-electron chi connectivity index (χ1n) is 7.90. The van der Waals surface area contributed by atoms with Gasteiger partial charge in [-0.05, 0) is 24.1 Å².